The van der Waals surface area contributed by atoms with Gasteiger partial charge in [-0.25, -0.2) is 4.98 Å². The fraction of sp³-hybridized carbons (Fsp3) is 0.250. The maximum atomic E-state index is 12.0. The van der Waals surface area contributed by atoms with Gasteiger partial charge < -0.3 is 0 Å². The minimum absolute atomic E-state index is 0.0111. The summed E-state index contributed by atoms with van der Waals surface area (Å²) in [7, 11) is 1.76. The molecule has 0 fully saturated rings. The van der Waals surface area contributed by atoms with E-state index in [2.05, 4.69) is 10.1 Å². The maximum absolute atomic E-state index is 12.0. The lowest BCUT2D eigenvalue weighted by Crippen LogP contribution is -2.09. The zero-order valence-corrected chi connectivity index (χ0v) is 10.4. The second-order valence-corrected chi connectivity index (χ2v) is 4.27. The van der Waals surface area contributed by atoms with Crippen molar-refractivity contribution in [3.63, 3.8) is 0 Å². The Kier molecular flexibility index (Phi) is 3.24. The average molecular weight is 250 g/mol. The monoisotopic (exact) mass is 249 g/mol. The summed E-state index contributed by atoms with van der Waals surface area (Å²) in [6.45, 7) is 1.90. The molecule has 0 spiro atoms. The van der Waals surface area contributed by atoms with E-state index < -0.39 is 0 Å². The molecule has 1 aromatic heterocycles. The van der Waals surface area contributed by atoms with Gasteiger partial charge in [0.2, 0.25) is 0 Å². The van der Waals surface area contributed by atoms with Crippen LogP contribution in [0.2, 0.25) is 5.02 Å². The average Bonchev–Trinajstić information content (AvgIpc) is 2.68. The fourth-order valence-corrected chi connectivity index (χ4v) is 1.67. The van der Waals surface area contributed by atoms with Crippen LogP contribution in [-0.4, -0.2) is 20.5 Å². The topological polar surface area (TPSA) is 47.8 Å². The third kappa shape index (κ3) is 2.53. The molecule has 0 bridgehead atoms. The lowest BCUT2D eigenvalue weighted by Gasteiger charge is -2.03. The van der Waals surface area contributed by atoms with Gasteiger partial charge in [0.15, 0.2) is 5.78 Å². The molecule has 0 aliphatic heterocycles. The van der Waals surface area contributed by atoms with E-state index in [1.807, 2.05) is 13.0 Å². The van der Waals surface area contributed by atoms with E-state index in [1.165, 1.54) is 6.33 Å². The third-order valence-corrected chi connectivity index (χ3v) is 3.02. The molecule has 0 aliphatic rings. The number of ketones is 1. The molecule has 0 aliphatic carbocycles. The number of aromatic nitrogens is 3. The number of hydrogen-bond donors (Lipinski definition) is 0. The Balaban J connectivity index is 2.20. The van der Waals surface area contributed by atoms with Crippen LogP contribution >= 0.6 is 11.6 Å². The van der Waals surface area contributed by atoms with Crippen LogP contribution in [0.15, 0.2) is 24.5 Å². The third-order valence-electron chi connectivity index (χ3n) is 2.62. The van der Waals surface area contributed by atoms with Crippen molar-refractivity contribution in [2.45, 2.75) is 13.3 Å². The Hall–Kier alpha value is -1.68. The van der Waals surface area contributed by atoms with Crippen LogP contribution in [0.3, 0.4) is 0 Å². The van der Waals surface area contributed by atoms with Gasteiger partial charge in [-0.1, -0.05) is 23.7 Å². The number of rotatable bonds is 3. The van der Waals surface area contributed by atoms with Gasteiger partial charge in [0.25, 0.3) is 0 Å². The second-order valence-electron chi connectivity index (χ2n) is 3.86. The number of halogens is 1. The van der Waals surface area contributed by atoms with Crippen molar-refractivity contribution in [2.24, 2.45) is 7.05 Å². The number of carbonyl (C=O) groups excluding carboxylic acids is 1. The van der Waals surface area contributed by atoms with Crippen molar-refractivity contribution >= 4 is 17.4 Å². The normalized spacial score (nSPS) is 10.5. The summed E-state index contributed by atoms with van der Waals surface area (Å²) in [6.07, 6.45) is 1.67. The number of nitrogens with zero attached hydrogens (tertiary/aromatic N) is 3. The zero-order chi connectivity index (χ0) is 12.4. The summed E-state index contributed by atoms with van der Waals surface area (Å²) in [5.41, 5.74) is 1.56. The van der Waals surface area contributed by atoms with E-state index in [0.29, 0.717) is 16.4 Å². The summed E-state index contributed by atoms with van der Waals surface area (Å²) in [4.78, 5) is 16.0. The highest BCUT2D eigenvalue weighted by Gasteiger charge is 2.11. The van der Waals surface area contributed by atoms with Gasteiger partial charge in [-0.15, -0.1) is 0 Å². The van der Waals surface area contributed by atoms with E-state index in [-0.39, 0.29) is 12.2 Å². The Bertz CT molecular complexity index is 563. The molecule has 4 nitrogen and oxygen atoms in total. The number of benzene rings is 1. The SMILES string of the molecule is Cc1ccc(C(=O)Cc2ncnn2C)cc1Cl. The predicted molar refractivity (Wildman–Crippen MR) is 65.2 cm³/mol. The molecule has 17 heavy (non-hydrogen) atoms. The van der Waals surface area contributed by atoms with Crippen molar-refractivity contribution in [2.75, 3.05) is 0 Å². The maximum Gasteiger partial charge on any atom is 0.170 e. The molecule has 2 aromatic rings. The summed E-state index contributed by atoms with van der Waals surface area (Å²) < 4.78 is 1.59. The Morgan fingerprint density at radius 1 is 1.47 bits per heavy atom. The number of aryl methyl sites for hydroxylation is 2. The minimum Gasteiger partial charge on any atom is -0.294 e. The first-order valence-corrected chi connectivity index (χ1v) is 5.58. The van der Waals surface area contributed by atoms with Gasteiger partial charge in [-0.2, -0.15) is 5.10 Å². The molecular weight excluding hydrogens is 238 g/mol. The molecular formula is C12H12ClN3O. The van der Waals surface area contributed by atoms with Crippen LogP contribution in [0.1, 0.15) is 21.7 Å². The molecule has 0 amide bonds. The molecule has 1 heterocycles. The minimum atomic E-state index is -0.0111. The number of Topliss-reactive ketones (excluding diaryl/α,β-unsaturated/α-hetero) is 1. The molecule has 0 unspecified atom stereocenters. The van der Waals surface area contributed by atoms with E-state index >= 15 is 0 Å². The van der Waals surface area contributed by atoms with Gasteiger partial charge >= 0.3 is 0 Å². The molecule has 5 heteroatoms. The number of carbonyl (C=O) groups is 1. The largest absolute Gasteiger partial charge is 0.294 e. The van der Waals surface area contributed by atoms with E-state index in [9.17, 15) is 4.79 Å². The quantitative estimate of drug-likeness (QED) is 0.784. The summed E-state index contributed by atoms with van der Waals surface area (Å²) in [5.74, 6) is 0.634. The van der Waals surface area contributed by atoms with Gasteiger partial charge in [0.05, 0.1) is 6.42 Å². The Labute approximate surface area is 104 Å². The van der Waals surface area contributed by atoms with E-state index in [1.54, 1.807) is 23.9 Å². The van der Waals surface area contributed by atoms with Gasteiger partial charge in [-0.3, -0.25) is 9.48 Å². The second kappa shape index (κ2) is 4.67. The van der Waals surface area contributed by atoms with Crippen molar-refractivity contribution in [1.82, 2.24) is 14.8 Å². The summed E-state index contributed by atoms with van der Waals surface area (Å²) >= 11 is 5.99. The van der Waals surface area contributed by atoms with E-state index in [0.717, 1.165) is 5.56 Å². The molecule has 88 valence electrons. The zero-order valence-electron chi connectivity index (χ0n) is 9.64. The molecule has 2 rings (SSSR count). The van der Waals surface area contributed by atoms with Crippen molar-refractivity contribution in [1.29, 1.82) is 0 Å². The first-order chi connectivity index (χ1) is 8.08. The van der Waals surface area contributed by atoms with E-state index in [4.69, 9.17) is 11.6 Å². The molecule has 0 saturated heterocycles. The van der Waals surface area contributed by atoms with Crippen LogP contribution < -0.4 is 0 Å². The van der Waals surface area contributed by atoms with Crippen molar-refractivity contribution < 1.29 is 4.79 Å². The van der Waals surface area contributed by atoms with Crippen molar-refractivity contribution in [3.8, 4) is 0 Å². The standard InChI is InChI=1S/C12H12ClN3O/c1-8-3-4-9(5-10(8)13)11(17)6-12-14-7-15-16(12)2/h3-5,7H,6H2,1-2H3. The van der Waals surface area contributed by atoms with Crippen LogP contribution in [0.25, 0.3) is 0 Å². The van der Waals surface area contributed by atoms with Gasteiger partial charge in [0.1, 0.15) is 12.2 Å². The molecule has 0 radical (unpaired) electrons. The predicted octanol–water partition coefficient (Wildman–Crippen LogP) is 2.20. The molecule has 0 atom stereocenters. The lowest BCUT2D eigenvalue weighted by atomic mass is 10.1. The van der Waals surface area contributed by atoms with Crippen LogP contribution in [0, 0.1) is 6.92 Å². The Morgan fingerprint density at radius 2 is 2.24 bits per heavy atom. The summed E-state index contributed by atoms with van der Waals surface area (Å²) in [6, 6.07) is 5.31. The van der Waals surface area contributed by atoms with Crippen molar-refractivity contribution in [3.05, 3.63) is 46.5 Å². The molecule has 0 saturated carbocycles. The molecule has 0 N–H and O–H groups in total. The highest BCUT2D eigenvalue weighted by Crippen LogP contribution is 2.17. The Morgan fingerprint density at radius 3 is 2.82 bits per heavy atom. The highest BCUT2D eigenvalue weighted by atomic mass is 35.5. The van der Waals surface area contributed by atoms with Crippen LogP contribution in [-0.2, 0) is 13.5 Å². The highest BCUT2D eigenvalue weighted by molar-refractivity contribution is 6.31. The first-order valence-electron chi connectivity index (χ1n) is 5.20. The van der Waals surface area contributed by atoms with Gasteiger partial charge in [0, 0.05) is 17.6 Å². The first kappa shape index (κ1) is 11.8. The van der Waals surface area contributed by atoms with Gasteiger partial charge in [-0.05, 0) is 18.6 Å². The van der Waals surface area contributed by atoms with Crippen LogP contribution in [0.5, 0.6) is 0 Å². The van der Waals surface area contributed by atoms with Crippen LogP contribution in [0.4, 0.5) is 0 Å². The molecule has 1 aromatic carbocycles. The smallest absolute Gasteiger partial charge is 0.170 e. The summed E-state index contributed by atoms with van der Waals surface area (Å²) in [5, 5.41) is 4.53. The number of hydrogen-bond acceptors (Lipinski definition) is 3. The fourth-order valence-electron chi connectivity index (χ4n) is 1.49. The lowest BCUT2D eigenvalue weighted by molar-refractivity contribution is 0.0989.